The Morgan fingerprint density at radius 1 is 0.538 bits per heavy atom. The molecule has 0 amide bonds. The predicted octanol–water partition coefficient (Wildman–Crippen LogP) is 13.3. The summed E-state index contributed by atoms with van der Waals surface area (Å²) in [6.07, 6.45) is 10.6. The third kappa shape index (κ3) is 3.73. The van der Waals surface area contributed by atoms with Crippen LogP contribution in [0.5, 0.6) is 11.5 Å². The summed E-state index contributed by atoms with van der Waals surface area (Å²) >= 11 is 0. The minimum Gasteiger partial charge on any atom is -0.455 e. The summed E-state index contributed by atoms with van der Waals surface area (Å²) in [6.45, 7) is 19.6. The van der Waals surface area contributed by atoms with Gasteiger partial charge in [-0.25, -0.2) is 0 Å². The molecule has 1 aliphatic heterocycles. The van der Waals surface area contributed by atoms with Crippen LogP contribution in [0.25, 0.3) is 0 Å². The summed E-state index contributed by atoms with van der Waals surface area (Å²) in [5.41, 5.74) is 13.8. The monoisotopic (exact) mass is 687 g/mol. The van der Waals surface area contributed by atoms with Gasteiger partial charge >= 0.3 is 0 Å². The van der Waals surface area contributed by atoms with Crippen molar-refractivity contribution in [1.29, 1.82) is 0 Å². The highest BCUT2D eigenvalue weighted by molar-refractivity contribution is 5.84. The lowest BCUT2D eigenvalue weighted by Crippen LogP contribution is -2.74. The molecule has 4 saturated carbocycles. The number of para-hydroxylation sites is 2. The van der Waals surface area contributed by atoms with Crippen LogP contribution >= 0.6 is 0 Å². The van der Waals surface area contributed by atoms with Gasteiger partial charge in [0.05, 0.1) is 5.69 Å². The van der Waals surface area contributed by atoms with Gasteiger partial charge in [0.1, 0.15) is 5.75 Å². The van der Waals surface area contributed by atoms with Crippen LogP contribution in [0.1, 0.15) is 140 Å². The molecule has 2 spiro atoms. The van der Waals surface area contributed by atoms with Crippen molar-refractivity contribution in [2.24, 2.45) is 29.1 Å². The highest BCUT2D eigenvalue weighted by Gasteiger charge is 2.84. The standard InChI is InChI=1S/C50H57NO/c1-45(2)20-22-47(5,6)38-27-32(16-18-34(38)45)51(33-17-19-35-39(28-33)48(7,8)23-21-46(35,3)4)40-14-11-13-37-44(40)52-41-15-10-9-12-36(41)50(37)42-25-30-24-31-26-43(50)49(31,42)29-30/h9-19,27-28,30-31,42-43H,20-26,29H2,1-8H3. The van der Waals surface area contributed by atoms with E-state index >= 15 is 0 Å². The SMILES string of the molecule is CC1(C)CCC(C)(C)c2cc(N(c3ccc4c(c3)C(C)(C)CCC4(C)C)c3cccc4c3Oc3ccccc3C43C4CC5CC6CC3C64C5)ccc21. The average molecular weight is 688 g/mol. The van der Waals surface area contributed by atoms with Crippen molar-refractivity contribution >= 4 is 17.1 Å². The van der Waals surface area contributed by atoms with Crippen molar-refractivity contribution in [1.82, 2.24) is 0 Å². The molecule has 2 heteroatoms. The highest BCUT2D eigenvalue weighted by atomic mass is 16.5. The zero-order valence-electron chi connectivity index (χ0n) is 32.8. The molecule has 0 saturated heterocycles. The molecule has 4 aromatic rings. The van der Waals surface area contributed by atoms with Crippen molar-refractivity contribution in [3.8, 4) is 11.5 Å². The number of hydrogen-bond acceptors (Lipinski definition) is 2. The molecule has 2 bridgehead atoms. The number of fused-ring (bicyclic) bond motifs is 9. The summed E-state index contributed by atoms with van der Waals surface area (Å²) in [5.74, 6) is 5.52. The van der Waals surface area contributed by atoms with Crippen LogP contribution in [-0.4, -0.2) is 0 Å². The van der Waals surface area contributed by atoms with Gasteiger partial charge in [-0.15, -0.1) is 0 Å². The Labute approximate surface area is 312 Å². The summed E-state index contributed by atoms with van der Waals surface area (Å²) in [6, 6.07) is 31.3. The van der Waals surface area contributed by atoms with E-state index in [1.54, 1.807) is 0 Å². The van der Waals surface area contributed by atoms with Gasteiger partial charge < -0.3 is 9.64 Å². The molecule has 0 aromatic heterocycles. The van der Waals surface area contributed by atoms with Gasteiger partial charge in [0.25, 0.3) is 0 Å². The molecule has 6 unspecified atom stereocenters. The second-order valence-corrected chi connectivity index (χ2v) is 21.1. The fraction of sp³-hybridized carbons (Fsp3) is 0.520. The van der Waals surface area contributed by atoms with Gasteiger partial charge in [-0.1, -0.05) is 97.9 Å². The Morgan fingerprint density at radius 3 is 1.71 bits per heavy atom. The van der Waals surface area contributed by atoms with E-state index in [2.05, 4.69) is 139 Å². The topological polar surface area (TPSA) is 12.5 Å². The van der Waals surface area contributed by atoms with Crippen LogP contribution in [-0.2, 0) is 27.1 Å². The van der Waals surface area contributed by atoms with Crippen molar-refractivity contribution in [2.45, 2.75) is 134 Å². The molecular formula is C50H57NO. The minimum absolute atomic E-state index is 0.0568. The summed E-state index contributed by atoms with van der Waals surface area (Å²) < 4.78 is 7.29. The molecule has 11 rings (SSSR count). The Bertz CT molecular complexity index is 2120. The Morgan fingerprint density at radius 2 is 1.10 bits per heavy atom. The van der Waals surface area contributed by atoms with Gasteiger partial charge in [-0.2, -0.15) is 0 Å². The smallest absolute Gasteiger partial charge is 0.155 e. The molecule has 1 heterocycles. The van der Waals surface area contributed by atoms with E-state index in [1.165, 1.54) is 102 Å². The van der Waals surface area contributed by atoms with Gasteiger partial charge in [0, 0.05) is 27.9 Å². The van der Waals surface area contributed by atoms with E-state index in [-0.39, 0.29) is 27.1 Å². The number of rotatable bonds is 3. The largest absolute Gasteiger partial charge is 0.455 e. The maximum absolute atomic E-state index is 7.29. The van der Waals surface area contributed by atoms with Gasteiger partial charge in [0.2, 0.25) is 0 Å². The second kappa shape index (κ2) is 9.77. The third-order valence-electron chi connectivity index (χ3n) is 16.9. The van der Waals surface area contributed by atoms with Gasteiger partial charge in [0.15, 0.2) is 5.75 Å². The predicted molar refractivity (Wildman–Crippen MR) is 214 cm³/mol. The summed E-state index contributed by atoms with van der Waals surface area (Å²) in [4.78, 5) is 2.59. The fourth-order valence-electron chi connectivity index (χ4n) is 14.1. The van der Waals surface area contributed by atoms with E-state index in [1.807, 2.05) is 0 Å². The molecule has 6 aliphatic carbocycles. The van der Waals surface area contributed by atoms with E-state index < -0.39 is 0 Å². The van der Waals surface area contributed by atoms with E-state index in [0.717, 1.165) is 35.2 Å². The highest BCUT2D eigenvalue weighted by Crippen LogP contribution is 2.89. The molecule has 7 aliphatic rings. The molecule has 2 nitrogen and oxygen atoms in total. The zero-order valence-corrected chi connectivity index (χ0v) is 32.8. The fourth-order valence-corrected chi connectivity index (χ4v) is 14.1. The first-order valence-electron chi connectivity index (χ1n) is 20.7. The van der Waals surface area contributed by atoms with Gasteiger partial charge in [-0.3, -0.25) is 0 Å². The maximum Gasteiger partial charge on any atom is 0.155 e. The lowest BCUT2D eigenvalue weighted by atomic mass is 9.26. The maximum atomic E-state index is 7.29. The van der Waals surface area contributed by atoms with Crippen molar-refractivity contribution in [3.63, 3.8) is 0 Å². The molecule has 52 heavy (non-hydrogen) atoms. The van der Waals surface area contributed by atoms with Crippen LogP contribution in [0.3, 0.4) is 0 Å². The Kier molecular flexibility index (Phi) is 6.00. The Hall–Kier alpha value is -3.52. The van der Waals surface area contributed by atoms with Crippen LogP contribution in [0, 0.1) is 29.1 Å². The van der Waals surface area contributed by atoms with Crippen molar-refractivity contribution in [3.05, 3.63) is 112 Å². The molecule has 6 atom stereocenters. The van der Waals surface area contributed by atoms with Crippen LogP contribution < -0.4 is 9.64 Å². The number of anilines is 3. The summed E-state index contributed by atoms with van der Waals surface area (Å²) in [5, 5.41) is 0. The minimum atomic E-state index is 0.0568. The molecule has 268 valence electrons. The number of hydrogen-bond donors (Lipinski definition) is 0. The van der Waals surface area contributed by atoms with Crippen LogP contribution in [0.4, 0.5) is 17.1 Å². The lowest BCUT2D eigenvalue weighted by Gasteiger charge is -2.77. The zero-order chi connectivity index (χ0) is 35.8. The average Bonchev–Trinajstić information content (AvgIpc) is 3.64. The number of benzene rings is 4. The first kappa shape index (κ1) is 32.0. The van der Waals surface area contributed by atoms with Crippen molar-refractivity contribution < 1.29 is 4.74 Å². The van der Waals surface area contributed by atoms with Crippen molar-refractivity contribution in [2.75, 3.05) is 4.90 Å². The number of ether oxygens (including phenoxy) is 1. The van der Waals surface area contributed by atoms with E-state index in [4.69, 9.17) is 4.74 Å². The molecule has 0 N–H and O–H groups in total. The molecular weight excluding hydrogens is 631 g/mol. The van der Waals surface area contributed by atoms with Crippen LogP contribution in [0.15, 0.2) is 78.9 Å². The Balaban J connectivity index is 1.16. The molecule has 4 aromatic carbocycles. The van der Waals surface area contributed by atoms with Crippen LogP contribution in [0.2, 0.25) is 0 Å². The quantitative estimate of drug-likeness (QED) is 0.213. The third-order valence-corrected chi connectivity index (χ3v) is 16.9. The lowest BCUT2D eigenvalue weighted by molar-refractivity contribution is -0.235. The first-order chi connectivity index (χ1) is 24.7. The van der Waals surface area contributed by atoms with Gasteiger partial charge in [-0.05, 0) is 161 Å². The molecule has 4 fully saturated rings. The second-order valence-electron chi connectivity index (χ2n) is 21.1. The van der Waals surface area contributed by atoms with E-state index in [0.29, 0.717) is 5.41 Å². The number of nitrogens with zero attached hydrogens (tertiary/aromatic N) is 1. The first-order valence-corrected chi connectivity index (χ1v) is 20.7. The summed E-state index contributed by atoms with van der Waals surface area (Å²) in [7, 11) is 0. The normalized spacial score (nSPS) is 33.7. The van der Waals surface area contributed by atoms with E-state index in [9.17, 15) is 0 Å². The molecule has 0 radical (unpaired) electrons.